The lowest BCUT2D eigenvalue weighted by atomic mass is 9.55. The number of hydrogen-bond acceptors (Lipinski definition) is 3. The molecule has 0 amide bonds. The van der Waals surface area contributed by atoms with Crippen molar-refractivity contribution in [1.29, 1.82) is 0 Å². The lowest BCUT2D eigenvalue weighted by Crippen LogP contribution is -2.50. The van der Waals surface area contributed by atoms with E-state index in [1.807, 2.05) is 13.0 Å². The zero-order valence-electron chi connectivity index (χ0n) is 13.5. The number of hydrogen-bond donors (Lipinski definition) is 2. The van der Waals surface area contributed by atoms with Crippen LogP contribution in [-0.2, 0) is 4.79 Å². The van der Waals surface area contributed by atoms with Crippen LogP contribution >= 0.6 is 12.6 Å². The lowest BCUT2D eigenvalue weighted by molar-refractivity contribution is -0.115. The van der Waals surface area contributed by atoms with Crippen molar-refractivity contribution in [2.24, 2.45) is 29.6 Å². The van der Waals surface area contributed by atoms with Crippen molar-refractivity contribution in [1.82, 2.24) is 0 Å². The van der Waals surface area contributed by atoms with E-state index in [9.17, 15) is 9.90 Å². The SMILES string of the molecule is CC(O)C1CCC2C3CCC4=CC(=O)CCC4C3CCC12S. The van der Waals surface area contributed by atoms with Crippen LogP contribution in [0.25, 0.3) is 0 Å². The number of aliphatic hydroxyl groups excluding tert-OH is 1. The first-order chi connectivity index (χ1) is 10.5. The minimum Gasteiger partial charge on any atom is -0.393 e. The third-order valence-electron chi connectivity index (χ3n) is 7.41. The second kappa shape index (κ2) is 5.37. The summed E-state index contributed by atoms with van der Waals surface area (Å²) in [6.45, 7) is 1.95. The number of ketones is 1. The van der Waals surface area contributed by atoms with Crippen molar-refractivity contribution in [2.75, 3.05) is 0 Å². The first-order valence-corrected chi connectivity index (χ1v) is 9.59. The van der Waals surface area contributed by atoms with Gasteiger partial charge in [0.2, 0.25) is 0 Å². The van der Waals surface area contributed by atoms with Crippen LogP contribution in [0.15, 0.2) is 11.6 Å². The van der Waals surface area contributed by atoms with Gasteiger partial charge >= 0.3 is 0 Å². The van der Waals surface area contributed by atoms with Crippen molar-refractivity contribution in [3.05, 3.63) is 11.6 Å². The van der Waals surface area contributed by atoms with Crippen molar-refractivity contribution < 1.29 is 9.90 Å². The molecule has 7 atom stereocenters. The topological polar surface area (TPSA) is 37.3 Å². The molecule has 2 nitrogen and oxygen atoms in total. The number of carbonyl (C=O) groups is 1. The Balaban J connectivity index is 1.61. The normalized spacial score (nSPS) is 49.0. The van der Waals surface area contributed by atoms with Gasteiger partial charge in [0, 0.05) is 11.2 Å². The number of rotatable bonds is 1. The van der Waals surface area contributed by atoms with Crippen LogP contribution in [0.4, 0.5) is 0 Å². The Hall–Kier alpha value is -0.280. The summed E-state index contributed by atoms with van der Waals surface area (Å²) in [4.78, 5) is 11.7. The molecule has 0 bridgehead atoms. The highest BCUT2D eigenvalue weighted by Gasteiger charge is 2.57. The Morgan fingerprint density at radius 2 is 2.00 bits per heavy atom. The van der Waals surface area contributed by atoms with E-state index in [-0.39, 0.29) is 10.9 Å². The average Bonchev–Trinajstić information content (AvgIpc) is 2.84. The molecular weight excluding hydrogens is 292 g/mol. The molecule has 0 spiro atoms. The van der Waals surface area contributed by atoms with Gasteiger partial charge in [0.05, 0.1) is 6.10 Å². The van der Waals surface area contributed by atoms with Crippen molar-refractivity contribution in [2.45, 2.75) is 69.1 Å². The highest BCUT2D eigenvalue weighted by molar-refractivity contribution is 7.81. The van der Waals surface area contributed by atoms with Crippen LogP contribution in [0.1, 0.15) is 58.3 Å². The number of carbonyl (C=O) groups excluding carboxylic acids is 1. The predicted molar refractivity (Wildman–Crippen MR) is 90.9 cm³/mol. The molecule has 1 N–H and O–H groups in total. The van der Waals surface area contributed by atoms with Crippen LogP contribution in [0.5, 0.6) is 0 Å². The van der Waals surface area contributed by atoms with E-state index < -0.39 is 0 Å². The highest BCUT2D eigenvalue weighted by atomic mass is 32.1. The Labute approximate surface area is 139 Å². The molecule has 0 radical (unpaired) electrons. The molecule has 0 saturated heterocycles. The van der Waals surface area contributed by atoms with Crippen molar-refractivity contribution in [3.63, 3.8) is 0 Å². The first-order valence-electron chi connectivity index (χ1n) is 9.14. The van der Waals surface area contributed by atoms with Gasteiger partial charge in [-0.3, -0.25) is 4.79 Å². The Morgan fingerprint density at radius 1 is 1.18 bits per heavy atom. The minimum absolute atomic E-state index is 0.0566. The first kappa shape index (κ1) is 15.3. The summed E-state index contributed by atoms with van der Waals surface area (Å²) < 4.78 is 0.0566. The summed E-state index contributed by atoms with van der Waals surface area (Å²) in [5, 5.41) is 10.2. The van der Waals surface area contributed by atoms with Crippen molar-refractivity contribution in [3.8, 4) is 0 Å². The molecule has 0 aromatic carbocycles. The van der Waals surface area contributed by atoms with E-state index >= 15 is 0 Å². The lowest BCUT2D eigenvalue weighted by Gasteiger charge is -2.53. The molecule has 22 heavy (non-hydrogen) atoms. The molecule has 7 unspecified atom stereocenters. The molecule has 4 aliphatic carbocycles. The monoisotopic (exact) mass is 320 g/mol. The molecule has 0 heterocycles. The molecule has 4 aliphatic rings. The summed E-state index contributed by atoms with van der Waals surface area (Å²) in [6, 6.07) is 0. The maximum absolute atomic E-state index is 11.7. The fraction of sp³-hybridized carbons (Fsp3) is 0.842. The van der Waals surface area contributed by atoms with Crippen LogP contribution in [0.2, 0.25) is 0 Å². The van der Waals surface area contributed by atoms with Gasteiger partial charge in [-0.15, -0.1) is 0 Å². The minimum atomic E-state index is -0.231. The van der Waals surface area contributed by atoms with Gasteiger partial charge in [0.25, 0.3) is 0 Å². The zero-order valence-corrected chi connectivity index (χ0v) is 14.4. The molecule has 0 aromatic rings. The Kier molecular flexibility index (Phi) is 3.73. The molecule has 3 saturated carbocycles. The second-order valence-corrected chi connectivity index (χ2v) is 9.09. The summed E-state index contributed by atoms with van der Waals surface area (Å²) >= 11 is 5.16. The molecule has 3 fully saturated rings. The molecule has 0 aromatic heterocycles. The summed E-state index contributed by atoms with van der Waals surface area (Å²) in [6.07, 6.45) is 10.7. The standard InChI is InChI=1S/C19H28O2S/c1-11(20)17-6-7-18-16-4-2-12-10-13(21)3-5-14(12)15(16)8-9-19(17,18)22/h10-11,14-18,20,22H,2-9H2,1H3. The van der Waals surface area contributed by atoms with Crippen LogP contribution < -0.4 is 0 Å². The predicted octanol–water partition coefficient (Wildman–Crippen LogP) is 3.79. The van der Waals surface area contributed by atoms with Crippen molar-refractivity contribution >= 4 is 18.4 Å². The molecular formula is C19H28O2S. The molecule has 122 valence electrons. The van der Waals surface area contributed by atoms with Crippen LogP contribution in [0.3, 0.4) is 0 Å². The zero-order chi connectivity index (χ0) is 15.5. The Morgan fingerprint density at radius 3 is 2.77 bits per heavy atom. The molecule has 3 heteroatoms. The maximum atomic E-state index is 11.7. The third-order valence-corrected chi connectivity index (χ3v) is 8.29. The maximum Gasteiger partial charge on any atom is 0.155 e. The fourth-order valence-corrected chi connectivity index (χ4v) is 7.32. The number of thiol groups is 1. The number of allylic oxidation sites excluding steroid dienone is 1. The highest BCUT2D eigenvalue weighted by Crippen LogP contribution is 2.62. The van der Waals surface area contributed by atoms with E-state index in [0.29, 0.717) is 23.5 Å². The number of fused-ring (bicyclic) bond motifs is 5. The van der Waals surface area contributed by atoms with E-state index in [2.05, 4.69) is 0 Å². The van der Waals surface area contributed by atoms with E-state index in [0.717, 1.165) is 43.9 Å². The Bertz CT molecular complexity index is 512. The fourth-order valence-electron chi connectivity index (χ4n) is 6.52. The molecule has 4 rings (SSSR count). The third kappa shape index (κ3) is 2.15. The summed E-state index contributed by atoms with van der Waals surface area (Å²) in [5.74, 6) is 3.59. The smallest absolute Gasteiger partial charge is 0.155 e. The van der Waals surface area contributed by atoms with Gasteiger partial charge in [-0.2, -0.15) is 12.6 Å². The second-order valence-electron chi connectivity index (χ2n) is 8.26. The van der Waals surface area contributed by atoms with Gasteiger partial charge in [-0.1, -0.05) is 5.57 Å². The van der Waals surface area contributed by atoms with Gasteiger partial charge < -0.3 is 5.11 Å². The van der Waals surface area contributed by atoms with Gasteiger partial charge in [0.1, 0.15) is 0 Å². The molecule has 0 aliphatic heterocycles. The van der Waals surface area contributed by atoms with E-state index in [1.165, 1.54) is 24.8 Å². The van der Waals surface area contributed by atoms with E-state index in [1.54, 1.807) is 0 Å². The largest absolute Gasteiger partial charge is 0.393 e. The summed E-state index contributed by atoms with van der Waals surface area (Å²) in [5.41, 5.74) is 1.45. The van der Waals surface area contributed by atoms with Gasteiger partial charge in [-0.05, 0) is 87.5 Å². The van der Waals surface area contributed by atoms with Gasteiger partial charge in [-0.25, -0.2) is 0 Å². The van der Waals surface area contributed by atoms with Crippen LogP contribution in [0, 0.1) is 29.6 Å². The van der Waals surface area contributed by atoms with Crippen LogP contribution in [-0.4, -0.2) is 21.7 Å². The quantitative estimate of drug-likeness (QED) is 0.721. The summed E-state index contributed by atoms with van der Waals surface area (Å²) in [7, 11) is 0. The van der Waals surface area contributed by atoms with Gasteiger partial charge in [0.15, 0.2) is 5.78 Å². The number of aliphatic hydroxyl groups is 1. The van der Waals surface area contributed by atoms with E-state index in [4.69, 9.17) is 12.6 Å². The average molecular weight is 320 g/mol.